The number of hydrogen-bond acceptors (Lipinski definition) is 3. The lowest BCUT2D eigenvalue weighted by Gasteiger charge is -2.24. The Morgan fingerprint density at radius 2 is 1.55 bits per heavy atom. The SMILES string of the molecule is Cc1ccc2c(n1)oc1c(-c3nc4ccccc4n3-c3ccccc3C(C)(C)C)cccc12. The molecule has 0 amide bonds. The maximum absolute atomic E-state index is 6.34. The molecule has 0 aliphatic carbocycles. The highest BCUT2D eigenvalue weighted by Crippen LogP contribution is 2.39. The molecule has 6 rings (SSSR count). The van der Waals surface area contributed by atoms with Crippen LogP contribution < -0.4 is 0 Å². The average Bonchev–Trinajstić information content (AvgIpc) is 3.36. The molecule has 0 fully saturated rings. The molecule has 6 aromatic rings. The summed E-state index contributed by atoms with van der Waals surface area (Å²) >= 11 is 0. The third-order valence-electron chi connectivity index (χ3n) is 6.26. The van der Waals surface area contributed by atoms with Gasteiger partial charge in [-0.15, -0.1) is 0 Å². The fourth-order valence-electron chi connectivity index (χ4n) is 4.70. The summed E-state index contributed by atoms with van der Waals surface area (Å²) in [5, 5.41) is 2.08. The Bertz CT molecular complexity index is 1660. The number of pyridine rings is 1. The molecule has 4 nitrogen and oxygen atoms in total. The van der Waals surface area contributed by atoms with Crippen molar-refractivity contribution in [3.8, 4) is 17.1 Å². The van der Waals surface area contributed by atoms with Crippen LogP contribution in [0.2, 0.25) is 0 Å². The first-order valence-corrected chi connectivity index (χ1v) is 11.3. The van der Waals surface area contributed by atoms with E-state index in [2.05, 4.69) is 97.1 Å². The van der Waals surface area contributed by atoms with Crippen LogP contribution in [0.5, 0.6) is 0 Å². The number of benzene rings is 3. The number of aromatic nitrogens is 3. The molecule has 0 saturated carbocycles. The van der Waals surface area contributed by atoms with Gasteiger partial charge in [-0.2, -0.15) is 0 Å². The van der Waals surface area contributed by atoms with E-state index in [1.54, 1.807) is 0 Å². The molecule has 0 atom stereocenters. The van der Waals surface area contributed by atoms with Gasteiger partial charge in [0.25, 0.3) is 0 Å². The molecule has 3 heterocycles. The molecule has 0 bridgehead atoms. The Morgan fingerprint density at radius 3 is 2.39 bits per heavy atom. The van der Waals surface area contributed by atoms with Crippen molar-refractivity contribution in [2.24, 2.45) is 0 Å². The third kappa shape index (κ3) is 3.05. The predicted octanol–water partition coefficient (Wildman–Crippen LogP) is 7.59. The van der Waals surface area contributed by atoms with Crippen LogP contribution in [-0.4, -0.2) is 14.5 Å². The summed E-state index contributed by atoms with van der Waals surface area (Å²) < 4.78 is 8.61. The molecule has 3 aromatic heterocycles. The van der Waals surface area contributed by atoms with Crippen molar-refractivity contribution in [2.45, 2.75) is 33.1 Å². The Hall–Kier alpha value is -3.92. The van der Waals surface area contributed by atoms with Gasteiger partial charge in [0.05, 0.1) is 22.3 Å². The number of rotatable bonds is 2. The van der Waals surface area contributed by atoms with E-state index in [9.17, 15) is 0 Å². The van der Waals surface area contributed by atoms with Gasteiger partial charge in [0.1, 0.15) is 11.4 Å². The van der Waals surface area contributed by atoms with Crippen molar-refractivity contribution < 1.29 is 4.42 Å². The van der Waals surface area contributed by atoms with Crippen LogP contribution in [0.25, 0.3) is 50.2 Å². The first-order chi connectivity index (χ1) is 15.9. The third-order valence-corrected chi connectivity index (χ3v) is 6.26. The Balaban J connectivity index is 1.73. The van der Waals surface area contributed by atoms with Crippen LogP contribution in [0.4, 0.5) is 0 Å². The molecule has 0 spiro atoms. The number of aryl methyl sites for hydroxylation is 1. The fraction of sp³-hybridized carbons (Fsp3) is 0.172. The van der Waals surface area contributed by atoms with Crippen molar-refractivity contribution in [1.82, 2.24) is 14.5 Å². The molecule has 3 aromatic carbocycles. The lowest BCUT2D eigenvalue weighted by Crippen LogP contribution is -2.15. The fourth-order valence-corrected chi connectivity index (χ4v) is 4.70. The summed E-state index contributed by atoms with van der Waals surface area (Å²) in [7, 11) is 0. The van der Waals surface area contributed by atoms with Crippen LogP contribution in [0.1, 0.15) is 32.0 Å². The standard InChI is InChI=1S/C29H25N3O/c1-18-16-17-20-19-10-9-11-21(26(19)33-28(20)30-18)27-31-23-13-6-8-15-25(23)32(27)24-14-7-5-12-22(24)29(2,3)4/h5-17H,1-4H3. The molecular weight excluding hydrogens is 406 g/mol. The lowest BCUT2D eigenvalue weighted by molar-refractivity contribution is 0.587. The van der Waals surface area contributed by atoms with E-state index in [4.69, 9.17) is 9.40 Å². The highest BCUT2D eigenvalue weighted by atomic mass is 16.3. The van der Waals surface area contributed by atoms with Crippen LogP contribution in [-0.2, 0) is 5.41 Å². The van der Waals surface area contributed by atoms with E-state index < -0.39 is 0 Å². The van der Waals surface area contributed by atoms with Gasteiger partial charge in [0.2, 0.25) is 5.71 Å². The monoisotopic (exact) mass is 431 g/mol. The number of fused-ring (bicyclic) bond motifs is 4. The predicted molar refractivity (Wildman–Crippen MR) is 135 cm³/mol. The Morgan fingerprint density at radius 1 is 0.758 bits per heavy atom. The van der Waals surface area contributed by atoms with Crippen molar-refractivity contribution in [3.63, 3.8) is 0 Å². The molecule has 0 N–H and O–H groups in total. The molecule has 33 heavy (non-hydrogen) atoms. The highest BCUT2D eigenvalue weighted by molar-refractivity contribution is 6.08. The Kier molecular flexibility index (Phi) is 4.21. The van der Waals surface area contributed by atoms with Crippen molar-refractivity contribution in [1.29, 1.82) is 0 Å². The highest BCUT2D eigenvalue weighted by Gasteiger charge is 2.24. The largest absolute Gasteiger partial charge is 0.437 e. The van der Waals surface area contributed by atoms with Gasteiger partial charge in [-0.1, -0.05) is 63.2 Å². The van der Waals surface area contributed by atoms with Crippen molar-refractivity contribution in [2.75, 3.05) is 0 Å². The van der Waals surface area contributed by atoms with E-state index in [0.717, 1.165) is 50.2 Å². The normalized spacial score (nSPS) is 12.2. The topological polar surface area (TPSA) is 43.9 Å². The van der Waals surface area contributed by atoms with Gasteiger partial charge >= 0.3 is 0 Å². The van der Waals surface area contributed by atoms with Crippen LogP contribution in [0.15, 0.2) is 83.3 Å². The maximum atomic E-state index is 6.34. The number of imidazole rings is 1. The molecule has 0 unspecified atom stereocenters. The summed E-state index contributed by atoms with van der Waals surface area (Å²) in [4.78, 5) is 9.73. The van der Waals surface area contributed by atoms with Crippen LogP contribution in [0, 0.1) is 6.92 Å². The summed E-state index contributed by atoms with van der Waals surface area (Å²) in [6.45, 7) is 8.73. The number of nitrogens with zero attached hydrogens (tertiary/aromatic N) is 3. The van der Waals surface area contributed by atoms with E-state index >= 15 is 0 Å². The zero-order chi connectivity index (χ0) is 22.7. The van der Waals surface area contributed by atoms with E-state index in [1.165, 1.54) is 5.56 Å². The second-order valence-electron chi connectivity index (χ2n) is 9.62. The van der Waals surface area contributed by atoms with Crippen LogP contribution >= 0.6 is 0 Å². The van der Waals surface area contributed by atoms with E-state index in [1.807, 2.05) is 19.1 Å². The summed E-state index contributed by atoms with van der Waals surface area (Å²) in [6.07, 6.45) is 0. The van der Waals surface area contributed by atoms with Gasteiger partial charge < -0.3 is 4.42 Å². The van der Waals surface area contributed by atoms with Gasteiger partial charge in [-0.3, -0.25) is 4.57 Å². The molecule has 0 aliphatic rings. The zero-order valence-electron chi connectivity index (χ0n) is 19.3. The molecule has 4 heteroatoms. The average molecular weight is 432 g/mol. The minimum Gasteiger partial charge on any atom is -0.437 e. The second kappa shape index (κ2) is 7.04. The maximum Gasteiger partial charge on any atom is 0.227 e. The molecule has 0 aliphatic heterocycles. The summed E-state index contributed by atoms with van der Waals surface area (Å²) in [5.74, 6) is 0.870. The summed E-state index contributed by atoms with van der Waals surface area (Å²) in [6, 6.07) is 27.3. The zero-order valence-corrected chi connectivity index (χ0v) is 19.3. The molecule has 162 valence electrons. The van der Waals surface area contributed by atoms with Gasteiger partial charge in [0, 0.05) is 16.5 Å². The number of para-hydroxylation sites is 4. The number of hydrogen-bond donors (Lipinski definition) is 0. The first-order valence-electron chi connectivity index (χ1n) is 11.3. The summed E-state index contributed by atoms with van der Waals surface area (Å²) in [5.41, 5.74) is 7.79. The van der Waals surface area contributed by atoms with Gasteiger partial charge in [-0.25, -0.2) is 9.97 Å². The Labute approximate surface area is 192 Å². The minimum atomic E-state index is -0.0218. The first kappa shape index (κ1) is 19.7. The molecular formula is C29H25N3O. The quantitative estimate of drug-likeness (QED) is 0.284. The van der Waals surface area contributed by atoms with E-state index in [0.29, 0.717) is 5.71 Å². The minimum absolute atomic E-state index is 0.0218. The second-order valence-corrected chi connectivity index (χ2v) is 9.62. The van der Waals surface area contributed by atoms with Gasteiger partial charge in [0.15, 0.2) is 0 Å². The van der Waals surface area contributed by atoms with E-state index in [-0.39, 0.29) is 5.41 Å². The lowest BCUT2D eigenvalue weighted by atomic mass is 9.85. The van der Waals surface area contributed by atoms with Crippen molar-refractivity contribution in [3.05, 3.63) is 90.1 Å². The smallest absolute Gasteiger partial charge is 0.227 e. The van der Waals surface area contributed by atoms with Gasteiger partial charge in [-0.05, 0) is 54.3 Å². The van der Waals surface area contributed by atoms with Crippen LogP contribution in [0.3, 0.4) is 0 Å². The number of furan rings is 1. The van der Waals surface area contributed by atoms with Crippen molar-refractivity contribution >= 4 is 33.1 Å². The molecule has 0 saturated heterocycles. The molecule has 0 radical (unpaired) electrons.